The Morgan fingerprint density at radius 3 is 2.39 bits per heavy atom. The summed E-state index contributed by atoms with van der Waals surface area (Å²) >= 11 is 0. The lowest BCUT2D eigenvalue weighted by Crippen LogP contribution is -2.32. The van der Waals surface area contributed by atoms with Crippen LogP contribution in [0.15, 0.2) is 54.6 Å². The van der Waals surface area contributed by atoms with Crippen molar-refractivity contribution in [3.63, 3.8) is 0 Å². The minimum absolute atomic E-state index is 0.147. The van der Waals surface area contributed by atoms with Gasteiger partial charge in [0.1, 0.15) is 6.07 Å². The Labute approximate surface area is 135 Å². The highest BCUT2D eigenvalue weighted by Crippen LogP contribution is 2.20. The van der Waals surface area contributed by atoms with Crippen LogP contribution in [0.5, 0.6) is 0 Å². The second-order valence-corrected chi connectivity index (χ2v) is 4.96. The molecular formula is C18H17N3O2. The van der Waals surface area contributed by atoms with Crippen molar-refractivity contribution in [2.24, 2.45) is 0 Å². The van der Waals surface area contributed by atoms with Gasteiger partial charge in [0.25, 0.3) is 0 Å². The van der Waals surface area contributed by atoms with Crippen molar-refractivity contribution in [1.82, 2.24) is 0 Å². The highest BCUT2D eigenvalue weighted by atomic mass is 16.2. The number of benzene rings is 2. The molecule has 0 aliphatic heterocycles. The third-order valence-electron chi connectivity index (χ3n) is 3.32. The van der Waals surface area contributed by atoms with Crippen LogP contribution in [0.3, 0.4) is 0 Å². The molecule has 2 amide bonds. The highest BCUT2D eigenvalue weighted by Gasteiger charge is 2.16. The van der Waals surface area contributed by atoms with E-state index in [9.17, 15) is 9.59 Å². The Bertz CT molecular complexity index is 735. The molecule has 0 spiro atoms. The molecule has 5 heteroatoms. The Balaban J connectivity index is 2.05. The van der Waals surface area contributed by atoms with E-state index < -0.39 is 0 Å². The van der Waals surface area contributed by atoms with Crippen LogP contribution in [0.2, 0.25) is 0 Å². The van der Waals surface area contributed by atoms with Gasteiger partial charge in [-0.05, 0) is 24.3 Å². The largest absolute Gasteiger partial charge is 0.326 e. The van der Waals surface area contributed by atoms with Crippen molar-refractivity contribution in [3.05, 3.63) is 60.2 Å². The number of rotatable bonds is 5. The van der Waals surface area contributed by atoms with Gasteiger partial charge in [-0.15, -0.1) is 0 Å². The molecule has 23 heavy (non-hydrogen) atoms. The van der Waals surface area contributed by atoms with Gasteiger partial charge < -0.3 is 10.2 Å². The summed E-state index contributed by atoms with van der Waals surface area (Å²) in [6.07, 6.45) is 0.147. The Kier molecular flexibility index (Phi) is 5.48. The Morgan fingerprint density at radius 2 is 1.74 bits per heavy atom. The smallest absolute Gasteiger partial charge is 0.226 e. The number of carbonyl (C=O) groups is 2. The molecule has 2 aromatic carbocycles. The van der Waals surface area contributed by atoms with Gasteiger partial charge in [0.15, 0.2) is 0 Å². The summed E-state index contributed by atoms with van der Waals surface area (Å²) in [6.45, 7) is 1.63. The van der Waals surface area contributed by atoms with Gasteiger partial charge in [0, 0.05) is 25.6 Å². The molecule has 0 heterocycles. The van der Waals surface area contributed by atoms with Crippen LogP contribution >= 0.6 is 0 Å². The first-order chi connectivity index (χ1) is 11.1. The maximum Gasteiger partial charge on any atom is 0.226 e. The fourth-order valence-electron chi connectivity index (χ4n) is 2.21. The van der Waals surface area contributed by atoms with Crippen LogP contribution in [-0.2, 0) is 9.59 Å². The summed E-state index contributed by atoms with van der Waals surface area (Å²) in [5.41, 5.74) is 1.64. The third kappa shape index (κ3) is 4.42. The molecule has 0 aliphatic carbocycles. The van der Waals surface area contributed by atoms with E-state index in [4.69, 9.17) is 5.26 Å². The van der Waals surface area contributed by atoms with E-state index in [1.807, 2.05) is 18.2 Å². The lowest BCUT2D eigenvalue weighted by atomic mass is 10.1. The van der Waals surface area contributed by atoms with Gasteiger partial charge in [-0.3, -0.25) is 9.59 Å². The summed E-state index contributed by atoms with van der Waals surface area (Å²) in [6, 6.07) is 18.0. The van der Waals surface area contributed by atoms with Gasteiger partial charge >= 0.3 is 0 Å². The number of para-hydroxylation sites is 2. The van der Waals surface area contributed by atoms with Crippen LogP contribution < -0.4 is 10.2 Å². The normalized spacial score (nSPS) is 9.74. The van der Waals surface area contributed by atoms with Crippen molar-refractivity contribution >= 4 is 23.2 Å². The number of hydrogen-bond donors (Lipinski definition) is 1. The fourth-order valence-corrected chi connectivity index (χ4v) is 2.21. The van der Waals surface area contributed by atoms with Crippen molar-refractivity contribution in [3.8, 4) is 6.07 Å². The molecule has 0 bridgehead atoms. The van der Waals surface area contributed by atoms with E-state index in [1.54, 1.807) is 36.4 Å². The van der Waals surface area contributed by atoms with Gasteiger partial charge in [-0.1, -0.05) is 30.3 Å². The first kappa shape index (κ1) is 16.2. The lowest BCUT2D eigenvalue weighted by molar-refractivity contribution is -0.117. The first-order valence-corrected chi connectivity index (χ1v) is 7.24. The van der Waals surface area contributed by atoms with Gasteiger partial charge in [0.2, 0.25) is 11.8 Å². The van der Waals surface area contributed by atoms with E-state index in [1.165, 1.54) is 11.8 Å². The fraction of sp³-hybridized carbons (Fsp3) is 0.167. The van der Waals surface area contributed by atoms with Crippen molar-refractivity contribution < 1.29 is 9.59 Å². The quantitative estimate of drug-likeness (QED) is 0.923. The predicted molar refractivity (Wildman–Crippen MR) is 88.9 cm³/mol. The summed E-state index contributed by atoms with van der Waals surface area (Å²) in [4.78, 5) is 25.3. The molecular weight excluding hydrogens is 290 g/mol. The SMILES string of the molecule is CC(=O)N(CCC(=O)Nc1ccccc1)c1ccccc1C#N. The minimum atomic E-state index is -0.208. The molecule has 0 saturated carbocycles. The monoisotopic (exact) mass is 307 g/mol. The lowest BCUT2D eigenvalue weighted by Gasteiger charge is -2.22. The number of nitrogens with zero attached hydrogens (tertiary/aromatic N) is 2. The third-order valence-corrected chi connectivity index (χ3v) is 3.32. The summed E-state index contributed by atoms with van der Waals surface area (Å²) in [7, 11) is 0. The number of amides is 2. The first-order valence-electron chi connectivity index (χ1n) is 7.24. The Morgan fingerprint density at radius 1 is 1.09 bits per heavy atom. The van der Waals surface area contributed by atoms with Crippen LogP contribution in [0, 0.1) is 11.3 Å². The van der Waals surface area contributed by atoms with Gasteiger partial charge in [-0.25, -0.2) is 0 Å². The zero-order chi connectivity index (χ0) is 16.7. The molecule has 0 atom stereocenters. The van der Waals surface area contributed by atoms with Crippen LogP contribution in [0.25, 0.3) is 0 Å². The standard InChI is InChI=1S/C18H17N3O2/c1-14(22)21(17-10-6-5-7-15(17)13-19)12-11-18(23)20-16-8-3-2-4-9-16/h2-10H,11-12H2,1H3,(H,20,23). The van der Waals surface area contributed by atoms with E-state index in [0.717, 1.165) is 0 Å². The van der Waals surface area contributed by atoms with E-state index in [2.05, 4.69) is 11.4 Å². The average molecular weight is 307 g/mol. The summed E-state index contributed by atoms with van der Waals surface area (Å²) in [5.74, 6) is -0.392. The van der Waals surface area contributed by atoms with Gasteiger partial charge in [0.05, 0.1) is 11.3 Å². The van der Waals surface area contributed by atoms with Crippen LogP contribution in [0.4, 0.5) is 11.4 Å². The van der Waals surface area contributed by atoms with E-state index in [0.29, 0.717) is 16.9 Å². The number of carbonyl (C=O) groups excluding carboxylic acids is 2. The second-order valence-electron chi connectivity index (χ2n) is 4.96. The molecule has 0 saturated heterocycles. The van der Waals surface area contributed by atoms with Crippen molar-refractivity contribution in [2.45, 2.75) is 13.3 Å². The minimum Gasteiger partial charge on any atom is -0.326 e. The van der Waals surface area contributed by atoms with E-state index in [-0.39, 0.29) is 24.8 Å². The predicted octanol–water partition coefficient (Wildman–Crippen LogP) is 2.94. The number of anilines is 2. The maximum absolute atomic E-state index is 12.0. The summed E-state index contributed by atoms with van der Waals surface area (Å²) in [5, 5.41) is 11.9. The van der Waals surface area contributed by atoms with Crippen molar-refractivity contribution in [2.75, 3.05) is 16.8 Å². The van der Waals surface area contributed by atoms with E-state index >= 15 is 0 Å². The highest BCUT2D eigenvalue weighted by molar-refractivity contribution is 5.95. The molecule has 2 aromatic rings. The second kappa shape index (κ2) is 7.76. The Hall–Kier alpha value is -3.13. The number of nitriles is 1. The summed E-state index contributed by atoms with van der Waals surface area (Å²) < 4.78 is 0. The molecule has 5 nitrogen and oxygen atoms in total. The maximum atomic E-state index is 12.0. The zero-order valence-corrected chi connectivity index (χ0v) is 12.8. The molecule has 0 fully saturated rings. The average Bonchev–Trinajstić information content (AvgIpc) is 2.56. The molecule has 0 unspecified atom stereocenters. The molecule has 116 valence electrons. The van der Waals surface area contributed by atoms with Gasteiger partial charge in [-0.2, -0.15) is 5.26 Å². The zero-order valence-electron chi connectivity index (χ0n) is 12.8. The van der Waals surface area contributed by atoms with Crippen molar-refractivity contribution in [1.29, 1.82) is 5.26 Å². The topological polar surface area (TPSA) is 73.2 Å². The molecule has 0 aliphatic rings. The molecule has 1 N–H and O–H groups in total. The molecule has 0 radical (unpaired) electrons. The number of hydrogen-bond acceptors (Lipinski definition) is 3. The molecule has 2 rings (SSSR count). The van der Waals surface area contributed by atoms with Crippen LogP contribution in [0.1, 0.15) is 18.9 Å². The van der Waals surface area contributed by atoms with Crippen LogP contribution in [-0.4, -0.2) is 18.4 Å². The molecule has 0 aromatic heterocycles. The number of nitrogens with one attached hydrogen (secondary N) is 1.